The predicted molar refractivity (Wildman–Crippen MR) is 168 cm³/mol. The van der Waals surface area contributed by atoms with Crippen molar-refractivity contribution < 1.29 is 37.4 Å². The highest BCUT2D eigenvalue weighted by Crippen LogP contribution is 2.20. The maximum atomic E-state index is 13.8. The van der Waals surface area contributed by atoms with Crippen LogP contribution in [0.3, 0.4) is 0 Å². The van der Waals surface area contributed by atoms with Crippen LogP contribution in [0, 0.1) is 11.6 Å². The number of carbonyl (C=O) groups excluding carboxylic acids is 4. The van der Waals surface area contributed by atoms with Crippen molar-refractivity contribution in [3.05, 3.63) is 70.9 Å². The fourth-order valence-corrected chi connectivity index (χ4v) is 4.32. The van der Waals surface area contributed by atoms with Crippen LogP contribution in [0.4, 0.5) is 29.0 Å². The van der Waals surface area contributed by atoms with Crippen LogP contribution in [0.1, 0.15) is 39.2 Å². The van der Waals surface area contributed by atoms with Gasteiger partial charge in [-0.05, 0) is 74.9 Å². The van der Waals surface area contributed by atoms with E-state index in [9.17, 15) is 28.0 Å². The number of nitrogens with one attached hydrogen (secondary N) is 4. The summed E-state index contributed by atoms with van der Waals surface area (Å²) < 4.78 is 37.9. The van der Waals surface area contributed by atoms with E-state index in [0.717, 1.165) is 0 Å². The number of carbonyl (C=O) groups is 4. The lowest BCUT2D eigenvalue weighted by atomic mass is 10.1. The lowest BCUT2D eigenvalue weighted by molar-refractivity contribution is -0.120. The maximum Gasteiger partial charge on any atom is 0.412 e. The number of fused-ring (bicyclic) bond motifs is 1. The molecule has 0 radical (unpaired) electrons. The summed E-state index contributed by atoms with van der Waals surface area (Å²) in [6.45, 7) is 4.73. The average Bonchev–Trinajstić information content (AvgIpc) is 2.98. The van der Waals surface area contributed by atoms with E-state index < -0.39 is 47.4 Å². The second kappa shape index (κ2) is 16.5. The first-order valence-electron chi connectivity index (χ1n) is 14.4. The highest BCUT2D eigenvalue weighted by molar-refractivity contribution is 6.31. The van der Waals surface area contributed by atoms with E-state index in [1.165, 1.54) is 48.5 Å². The minimum absolute atomic E-state index is 0.0528. The molecule has 3 rings (SSSR count). The van der Waals surface area contributed by atoms with Crippen molar-refractivity contribution in [1.82, 2.24) is 25.8 Å². The number of halogens is 3. The molecule has 0 fully saturated rings. The first kappa shape index (κ1) is 35.8. The molecule has 15 heteroatoms. The number of benzene rings is 2. The maximum absolute atomic E-state index is 13.8. The van der Waals surface area contributed by atoms with Gasteiger partial charge >= 0.3 is 18.2 Å². The molecular formula is C31H37ClF2N6O6. The fourth-order valence-electron chi connectivity index (χ4n) is 4.12. The number of rotatable bonds is 12. The lowest BCUT2D eigenvalue weighted by Crippen LogP contribution is -2.46. The molecule has 3 aromatic rings. The van der Waals surface area contributed by atoms with Gasteiger partial charge in [0.1, 0.15) is 29.7 Å². The fraction of sp³-hybridized carbons (Fsp3) is 0.387. The van der Waals surface area contributed by atoms with Crippen LogP contribution in [-0.4, -0.2) is 72.4 Å². The van der Waals surface area contributed by atoms with Crippen LogP contribution >= 0.6 is 11.6 Å². The van der Waals surface area contributed by atoms with Gasteiger partial charge in [-0.3, -0.25) is 10.1 Å². The number of hydrogen-bond acceptors (Lipinski definition) is 7. The number of ether oxygens (including phenoxy) is 2. The number of anilines is 1. The summed E-state index contributed by atoms with van der Waals surface area (Å²) in [5.74, 6) is -1.36. The summed E-state index contributed by atoms with van der Waals surface area (Å²) in [6.07, 6.45) is 0.573. The molecule has 4 N–H and O–H groups in total. The molecule has 0 aliphatic heterocycles. The van der Waals surface area contributed by atoms with Crippen LogP contribution in [0.15, 0.2) is 48.7 Å². The molecular weight excluding hydrogens is 626 g/mol. The van der Waals surface area contributed by atoms with E-state index in [2.05, 4.69) is 26.3 Å². The molecule has 0 aliphatic carbocycles. The van der Waals surface area contributed by atoms with Gasteiger partial charge in [-0.2, -0.15) is 0 Å². The number of aromatic nitrogens is 1. The van der Waals surface area contributed by atoms with Gasteiger partial charge in [0.15, 0.2) is 0 Å². The van der Waals surface area contributed by atoms with Gasteiger partial charge in [0.2, 0.25) is 5.91 Å². The number of nitrogens with zero attached hydrogens (tertiary/aromatic N) is 2. The van der Waals surface area contributed by atoms with Crippen LogP contribution in [-0.2, 0) is 20.8 Å². The Balaban J connectivity index is 1.57. The van der Waals surface area contributed by atoms with Crippen molar-refractivity contribution in [2.24, 2.45) is 0 Å². The average molecular weight is 663 g/mol. The van der Waals surface area contributed by atoms with Crippen LogP contribution in [0.5, 0.6) is 0 Å². The molecule has 0 saturated heterocycles. The van der Waals surface area contributed by atoms with Crippen molar-refractivity contribution in [3.63, 3.8) is 0 Å². The highest BCUT2D eigenvalue weighted by Gasteiger charge is 2.23. The number of amides is 5. The minimum atomic E-state index is -0.852. The van der Waals surface area contributed by atoms with E-state index in [0.29, 0.717) is 29.2 Å². The van der Waals surface area contributed by atoms with E-state index in [1.54, 1.807) is 32.9 Å². The quantitative estimate of drug-likeness (QED) is 0.191. The first-order chi connectivity index (χ1) is 21.7. The topological polar surface area (TPSA) is 151 Å². The van der Waals surface area contributed by atoms with Crippen molar-refractivity contribution in [2.75, 3.05) is 32.1 Å². The Hall–Kier alpha value is -4.72. The molecule has 1 aromatic heterocycles. The number of urea groups is 1. The Labute approximate surface area is 270 Å². The van der Waals surface area contributed by atoms with Gasteiger partial charge in [0, 0.05) is 31.7 Å². The van der Waals surface area contributed by atoms with Gasteiger partial charge in [-0.15, -0.1) is 0 Å². The van der Waals surface area contributed by atoms with Crippen LogP contribution in [0.25, 0.3) is 10.8 Å². The third kappa shape index (κ3) is 11.7. The molecule has 0 bridgehead atoms. The van der Waals surface area contributed by atoms with Gasteiger partial charge in [-0.25, -0.2) is 28.1 Å². The number of alkyl carbamates (subject to hydrolysis) is 1. The highest BCUT2D eigenvalue weighted by atomic mass is 35.5. The summed E-state index contributed by atoms with van der Waals surface area (Å²) in [7, 11) is 1.50. The van der Waals surface area contributed by atoms with Crippen LogP contribution < -0.4 is 21.3 Å². The summed E-state index contributed by atoms with van der Waals surface area (Å²) in [5.41, 5.74) is -0.331. The molecule has 46 heavy (non-hydrogen) atoms. The van der Waals surface area contributed by atoms with E-state index in [-0.39, 0.29) is 37.1 Å². The third-order valence-electron chi connectivity index (χ3n) is 6.48. The van der Waals surface area contributed by atoms with Crippen molar-refractivity contribution in [2.45, 2.75) is 51.8 Å². The van der Waals surface area contributed by atoms with Crippen molar-refractivity contribution in [3.8, 4) is 0 Å². The van der Waals surface area contributed by atoms with E-state index in [1.807, 2.05) is 0 Å². The van der Waals surface area contributed by atoms with Crippen molar-refractivity contribution >= 4 is 52.3 Å². The largest absolute Gasteiger partial charge is 0.447 e. The molecule has 0 unspecified atom stereocenters. The zero-order valence-electron chi connectivity index (χ0n) is 25.9. The van der Waals surface area contributed by atoms with Gasteiger partial charge < -0.3 is 30.3 Å². The Morgan fingerprint density at radius 3 is 2.50 bits per heavy atom. The Morgan fingerprint density at radius 2 is 1.76 bits per heavy atom. The molecule has 0 saturated carbocycles. The molecule has 0 aliphatic rings. The normalized spacial score (nSPS) is 11.7. The first-order valence-corrected chi connectivity index (χ1v) is 14.8. The van der Waals surface area contributed by atoms with Crippen LogP contribution in [0.2, 0.25) is 5.02 Å². The molecule has 1 heterocycles. The molecule has 12 nitrogen and oxygen atoms in total. The van der Waals surface area contributed by atoms with E-state index >= 15 is 0 Å². The Kier molecular flexibility index (Phi) is 12.9. The van der Waals surface area contributed by atoms with Gasteiger partial charge in [0.25, 0.3) is 0 Å². The zero-order chi connectivity index (χ0) is 33.9. The van der Waals surface area contributed by atoms with E-state index in [4.69, 9.17) is 21.1 Å². The number of pyridine rings is 1. The molecule has 1 atom stereocenters. The second-order valence-corrected chi connectivity index (χ2v) is 11.6. The molecule has 5 amide bonds. The minimum Gasteiger partial charge on any atom is -0.447 e. The Bertz CT molecular complexity index is 1550. The molecule has 248 valence electrons. The predicted octanol–water partition coefficient (Wildman–Crippen LogP) is 5.35. The smallest absolute Gasteiger partial charge is 0.412 e. The summed E-state index contributed by atoms with van der Waals surface area (Å²) in [5, 5.41) is 11.3. The summed E-state index contributed by atoms with van der Waals surface area (Å²) in [6, 6.07) is 8.73. The number of likely N-dealkylation sites (N-methyl/N-ethyl adjacent to an activating group) is 1. The van der Waals surface area contributed by atoms with Gasteiger partial charge in [-0.1, -0.05) is 23.7 Å². The summed E-state index contributed by atoms with van der Waals surface area (Å²) >= 11 is 6.00. The SMILES string of the molecule is CN(C(=O)NCc1cccc(F)c1Cl)[C@@H](CCCNC(=O)CNC(=O)OC(C)(C)C)COC(=O)Nc1cc2cc(F)ccc2cn1. The third-order valence-corrected chi connectivity index (χ3v) is 6.90. The lowest BCUT2D eigenvalue weighted by Gasteiger charge is -2.28. The summed E-state index contributed by atoms with van der Waals surface area (Å²) in [4.78, 5) is 55.0. The Morgan fingerprint density at radius 1 is 1.00 bits per heavy atom. The van der Waals surface area contributed by atoms with Gasteiger partial charge in [0.05, 0.1) is 17.6 Å². The zero-order valence-corrected chi connectivity index (χ0v) is 26.7. The molecule has 0 spiro atoms. The standard InChI is InChI=1S/C31H37ClF2N6O6/c1-31(2,3)46-29(43)38-17-26(41)35-12-6-8-23(40(4)28(42)37-16-20-7-5-9-24(34)27(20)32)18-45-30(44)39-25-14-21-13-22(33)11-10-19(21)15-36-25/h5,7,9-11,13-15,23H,6,8,12,16-18H2,1-4H3,(H,35,41)(H,37,42)(H,38,43)(H,36,39,44)/t23-/m0/s1. The monoisotopic (exact) mass is 662 g/mol. The molecule has 2 aromatic carbocycles. The number of hydrogen-bond donors (Lipinski definition) is 4. The second-order valence-electron chi connectivity index (χ2n) is 11.3. The van der Waals surface area contributed by atoms with Crippen molar-refractivity contribution in [1.29, 1.82) is 0 Å².